The van der Waals surface area contributed by atoms with E-state index in [4.69, 9.17) is 23.2 Å². The van der Waals surface area contributed by atoms with Crippen molar-refractivity contribution in [1.29, 1.82) is 0 Å². The molecular formula is C17H17BrCl2N2O3S. The molecule has 1 N–H and O–H groups in total. The van der Waals surface area contributed by atoms with Crippen LogP contribution >= 0.6 is 39.1 Å². The third-order valence-electron chi connectivity index (χ3n) is 3.73. The molecule has 0 bridgehead atoms. The lowest BCUT2D eigenvalue weighted by Gasteiger charge is -2.17. The van der Waals surface area contributed by atoms with Gasteiger partial charge in [-0.05, 0) is 58.7 Å². The highest BCUT2D eigenvalue weighted by Crippen LogP contribution is 2.28. The van der Waals surface area contributed by atoms with Gasteiger partial charge >= 0.3 is 0 Å². The zero-order chi connectivity index (χ0) is 19.6. The molecular weight excluding hydrogens is 463 g/mol. The van der Waals surface area contributed by atoms with Crippen LogP contribution in [-0.4, -0.2) is 32.7 Å². The highest BCUT2D eigenvalue weighted by Gasteiger charge is 2.23. The number of sulfonamides is 1. The summed E-state index contributed by atoms with van der Waals surface area (Å²) in [5, 5.41) is 3.76. The quantitative estimate of drug-likeness (QED) is 0.686. The highest BCUT2D eigenvalue weighted by atomic mass is 79.9. The Labute approximate surface area is 171 Å². The van der Waals surface area contributed by atoms with Crippen molar-refractivity contribution in [2.45, 2.75) is 17.9 Å². The van der Waals surface area contributed by atoms with Crippen LogP contribution in [0, 0.1) is 0 Å². The van der Waals surface area contributed by atoms with E-state index >= 15 is 0 Å². The Bertz CT molecular complexity index is 949. The van der Waals surface area contributed by atoms with Gasteiger partial charge in [0, 0.05) is 34.2 Å². The molecule has 2 aromatic carbocycles. The summed E-state index contributed by atoms with van der Waals surface area (Å²) in [7, 11) is -0.826. The van der Waals surface area contributed by atoms with E-state index in [0.717, 1.165) is 4.31 Å². The molecule has 0 spiro atoms. The fraction of sp³-hybridized carbons (Fsp3) is 0.235. The van der Waals surface area contributed by atoms with E-state index in [1.807, 2.05) is 0 Å². The summed E-state index contributed by atoms with van der Waals surface area (Å²) in [6.45, 7) is 1.78. The molecule has 5 nitrogen and oxygen atoms in total. The maximum atomic E-state index is 12.6. The van der Waals surface area contributed by atoms with Gasteiger partial charge in [-0.15, -0.1) is 0 Å². The van der Waals surface area contributed by atoms with E-state index < -0.39 is 15.9 Å². The minimum atomic E-state index is -3.69. The summed E-state index contributed by atoms with van der Waals surface area (Å²) in [6, 6.07) is 9.05. The van der Waals surface area contributed by atoms with Crippen LogP contribution in [0.2, 0.25) is 10.0 Å². The largest absolute Gasteiger partial charge is 0.345 e. The Kier molecular flexibility index (Phi) is 6.74. The van der Waals surface area contributed by atoms with Gasteiger partial charge in [-0.1, -0.05) is 29.3 Å². The van der Waals surface area contributed by atoms with Gasteiger partial charge in [0.1, 0.15) is 0 Å². The Morgan fingerprint density at radius 1 is 1.15 bits per heavy atom. The number of hydrogen-bond acceptors (Lipinski definition) is 3. The molecule has 0 saturated carbocycles. The molecule has 0 radical (unpaired) electrons. The van der Waals surface area contributed by atoms with E-state index in [9.17, 15) is 13.2 Å². The molecule has 1 unspecified atom stereocenters. The first-order chi connectivity index (χ1) is 12.0. The summed E-state index contributed by atoms with van der Waals surface area (Å²) in [5.74, 6) is -0.411. The molecule has 0 aliphatic carbocycles. The van der Waals surface area contributed by atoms with Crippen LogP contribution in [0.25, 0.3) is 0 Å². The lowest BCUT2D eigenvalue weighted by atomic mass is 10.1. The topological polar surface area (TPSA) is 66.5 Å². The van der Waals surface area contributed by atoms with Gasteiger partial charge in [0.15, 0.2) is 0 Å². The molecule has 9 heteroatoms. The number of nitrogens with one attached hydrogen (secondary N) is 1. The maximum absolute atomic E-state index is 12.6. The van der Waals surface area contributed by atoms with Crippen LogP contribution in [0.4, 0.5) is 0 Å². The molecule has 26 heavy (non-hydrogen) atoms. The summed E-state index contributed by atoms with van der Waals surface area (Å²) in [4.78, 5) is 12.6. The summed E-state index contributed by atoms with van der Waals surface area (Å²) >= 11 is 15.3. The lowest BCUT2D eigenvalue weighted by molar-refractivity contribution is 0.0939. The molecule has 0 saturated heterocycles. The predicted octanol–water partition coefficient (Wildman–Crippen LogP) is 4.50. The minimum absolute atomic E-state index is 0.0207. The van der Waals surface area contributed by atoms with Gasteiger partial charge in [-0.3, -0.25) is 4.79 Å². The second kappa shape index (κ2) is 8.27. The second-order valence-corrected chi connectivity index (χ2v) is 9.61. The first kappa shape index (κ1) is 21.2. The smallest absolute Gasteiger partial charge is 0.251 e. The highest BCUT2D eigenvalue weighted by molar-refractivity contribution is 9.10. The number of nitrogens with zero attached hydrogens (tertiary/aromatic N) is 1. The average Bonchev–Trinajstić information content (AvgIpc) is 2.54. The van der Waals surface area contributed by atoms with Crippen molar-refractivity contribution in [1.82, 2.24) is 9.62 Å². The van der Waals surface area contributed by atoms with Crippen LogP contribution in [0.15, 0.2) is 45.8 Å². The molecule has 2 rings (SSSR count). The Balaban J connectivity index is 2.30. The number of carbonyl (C=O) groups is 1. The number of halogens is 3. The fourth-order valence-corrected chi connectivity index (χ4v) is 4.67. The molecule has 1 amide bonds. The van der Waals surface area contributed by atoms with Gasteiger partial charge in [-0.2, -0.15) is 0 Å². The van der Waals surface area contributed by atoms with E-state index in [0.29, 0.717) is 20.1 Å². The Morgan fingerprint density at radius 2 is 1.81 bits per heavy atom. The van der Waals surface area contributed by atoms with Crippen LogP contribution < -0.4 is 5.32 Å². The Morgan fingerprint density at radius 3 is 2.38 bits per heavy atom. The standard InChI is InChI=1S/C17H17BrCl2N2O3S/c1-10(13-6-5-12(19)9-15(13)20)21-17(23)11-4-7-14(18)16(8-11)26(24,25)22(2)3/h4-10H,1-3H3,(H,21,23). The molecule has 140 valence electrons. The monoisotopic (exact) mass is 478 g/mol. The van der Waals surface area contributed by atoms with Gasteiger partial charge in [-0.25, -0.2) is 12.7 Å². The molecule has 1 atom stereocenters. The zero-order valence-corrected chi connectivity index (χ0v) is 18.2. The predicted molar refractivity (Wildman–Crippen MR) is 107 cm³/mol. The normalized spacial score (nSPS) is 12.9. The van der Waals surface area contributed by atoms with E-state index in [1.165, 1.54) is 26.2 Å². The third-order valence-corrected chi connectivity index (χ3v) is 7.10. The first-order valence-corrected chi connectivity index (χ1v) is 10.5. The first-order valence-electron chi connectivity index (χ1n) is 7.52. The van der Waals surface area contributed by atoms with Crippen molar-refractivity contribution in [2.75, 3.05) is 14.1 Å². The summed E-state index contributed by atoms with van der Waals surface area (Å²) in [6.07, 6.45) is 0. The fourth-order valence-electron chi connectivity index (χ4n) is 2.25. The van der Waals surface area contributed by atoms with Crippen molar-refractivity contribution < 1.29 is 13.2 Å². The lowest BCUT2D eigenvalue weighted by Crippen LogP contribution is -2.28. The minimum Gasteiger partial charge on any atom is -0.345 e. The van der Waals surface area contributed by atoms with E-state index in [-0.39, 0.29) is 16.5 Å². The number of amides is 1. The SMILES string of the molecule is CC(NC(=O)c1ccc(Br)c(S(=O)(=O)N(C)C)c1)c1ccc(Cl)cc1Cl. The molecule has 0 fully saturated rings. The van der Waals surface area contributed by atoms with E-state index in [2.05, 4.69) is 21.2 Å². The third kappa shape index (κ3) is 4.58. The molecule has 2 aromatic rings. The van der Waals surface area contributed by atoms with Crippen molar-refractivity contribution in [3.05, 3.63) is 62.0 Å². The van der Waals surface area contributed by atoms with Gasteiger partial charge in [0.25, 0.3) is 5.91 Å². The summed E-state index contributed by atoms with van der Waals surface area (Å²) < 4.78 is 26.2. The van der Waals surface area contributed by atoms with Crippen molar-refractivity contribution in [3.63, 3.8) is 0 Å². The second-order valence-electron chi connectivity index (χ2n) is 5.79. The van der Waals surface area contributed by atoms with Crippen LogP contribution in [0.1, 0.15) is 28.9 Å². The molecule has 0 aromatic heterocycles. The number of benzene rings is 2. The molecule has 0 aliphatic heterocycles. The number of carbonyl (C=O) groups excluding carboxylic acids is 1. The molecule has 0 aliphatic rings. The van der Waals surface area contributed by atoms with Crippen molar-refractivity contribution >= 4 is 55.1 Å². The number of rotatable bonds is 5. The average molecular weight is 480 g/mol. The zero-order valence-electron chi connectivity index (χ0n) is 14.3. The molecule has 0 heterocycles. The maximum Gasteiger partial charge on any atom is 0.251 e. The van der Waals surface area contributed by atoms with Crippen LogP contribution in [0.5, 0.6) is 0 Å². The van der Waals surface area contributed by atoms with E-state index in [1.54, 1.807) is 31.2 Å². The summed E-state index contributed by atoms with van der Waals surface area (Å²) in [5.41, 5.74) is 0.938. The van der Waals surface area contributed by atoms with Crippen molar-refractivity contribution in [2.24, 2.45) is 0 Å². The van der Waals surface area contributed by atoms with Gasteiger partial charge < -0.3 is 5.32 Å². The van der Waals surface area contributed by atoms with Crippen LogP contribution in [-0.2, 0) is 10.0 Å². The number of hydrogen-bond donors (Lipinski definition) is 1. The van der Waals surface area contributed by atoms with Crippen molar-refractivity contribution in [3.8, 4) is 0 Å². The van der Waals surface area contributed by atoms with Gasteiger partial charge in [0.05, 0.1) is 10.9 Å². The Hall–Kier alpha value is -1.12. The van der Waals surface area contributed by atoms with Crippen LogP contribution in [0.3, 0.4) is 0 Å². The van der Waals surface area contributed by atoms with Gasteiger partial charge in [0.2, 0.25) is 10.0 Å².